The summed E-state index contributed by atoms with van der Waals surface area (Å²) in [6.45, 7) is 5.80. The smallest absolute Gasteiger partial charge is 0.410 e. The van der Waals surface area contributed by atoms with Crippen molar-refractivity contribution in [2.24, 2.45) is 0 Å². The zero-order valence-corrected chi connectivity index (χ0v) is 19.3. The number of nitrogens with zero attached hydrogens (tertiary/aromatic N) is 4. The zero-order chi connectivity index (χ0) is 19.3. The Labute approximate surface area is 176 Å². The number of carbonyl (C=O) groups excluding carboxylic acids is 1. The molecule has 2 aromatic heterocycles. The van der Waals surface area contributed by atoms with Crippen molar-refractivity contribution in [2.45, 2.75) is 76.6 Å². The molecule has 0 aromatic carbocycles. The number of hydrogen-bond donors (Lipinski definition) is 0. The van der Waals surface area contributed by atoms with Gasteiger partial charge in [-0.05, 0) is 68.8 Å². The average molecular weight is 473 g/mol. The van der Waals surface area contributed by atoms with Crippen LogP contribution in [0.25, 0.3) is 9.66 Å². The molecule has 3 atom stereocenters. The Hall–Kier alpha value is -0.930. The van der Waals surface area contributed by atoms with Crippen molar-refractivity contribution in [3.63, 3.8) is 0 Å². The van der Waals surface area contributed by atoms with Crippen molar-refractivity contribution in [1.82, 2.24) is 14.9 Å². The molecule has 0 spiro atoms. The molecule has 2 aliphatic rings. The van der Waals surface area contributed by atoms with Gasteiger partial charge in [0, 0.05) is 25.2 Å². The van der Waals surface area contributed by atoms with Crippen molar-refractivity contribution in [2.75, 3.05) is 11.9 Å². The van der Waals surface area contributed by atoms with E-state index in [9.17, 15) is 4.79 Å². The highest BCUT2D eigenvalue weighted by atomic mass is 79.9. The monoisotopic (exact) mass is 472 g/mol. The predicted molar refractivity (Wildman–Crippen MR) is 114 cm³/mol. The molecule has 2 fully saturated rings. The molecule has 0 saturated carbocycles. The first kappa shape index (κ1) is 19.4. The van der Waals surface area contributed by atoms with Crippen molar-refractivity contribution < 1.29 is 9.53 Å². The maximum atomic E-state index is 12.8. The fraction of sp³-hybridized carbons (Fsp3) is 0.722. The second kappa shape index (κ2) is 7.15. The van der Waals surface area contributed by atoms with E-state index in [2.05, 4.69) is 32.9 Å². The van der Waals surface area contributed by atoms with Gasteiger partial charge < -0.3 is 14.5 Å². The molecule has 2 aromatic rings. The Morgan fingerprint density at radius 1 is 1.19 bits per heavy atom. The summed E-state index contributed by atoms with van der Waals surface area (Å²) in [5, 5.41) is 1.02. The lowest BCUT2D eigenvalue weighted by Crippen LogP contribution is -2.59. The second-order valence-corrected chi connectivity index (χ2v) is 11.6. The zero-order valence-electron chi connectivity index (χ0n) is 16.1. The molecule has 27 heavy (non-hydrogen) atoms. The first-order valence-electron chi connectivity index (χ1n) is 9.38. The van der Waals surface area contributed by atoms with E-state index < -0.39 is 5.60 Å². The summed E-state index contributed by atoms with van der Waals surface area (Å²) in [4.78, 5) is 28.3. The Balaban J connectivity index is 1.50. The maximum absolute atomic E-state index is 12.8. The van der Waals surface area contributed by atoms with Crippen LogP contribution < -0.4 is 4.90 Å². The number of carbonyl (C=O) groups is 1. The number of fused-ring (bicyclic) bond motifs is 3. The van der Waals surface area contributed by atoms with Gasteiger partial charge in [0.2, 0.25) is 0 Å². The van der Waals surface area contributed by atoms with Crippen LogP contribution in [0.4, 0.5) is 9.93 Å². The Morgan fingerprint density at radius 3 is 2.41 bits per heavy atom. The van der Waals surface area contributed by atoms with E-state index in [-0.39, 0.29) is 18.2 Å². The second-order valence-electron chi connectivity index (χ2n) is 8.44. The molecule has 0 aliphatic carbocycles. The summed E-state index contributed by atoms with van der Waals surface area (Å²) >= 11 is 6.64. The number of thiazole rings is 2. The van der Waals surface area contributed by atoms with Gasteiger partial charge in [-0.1, -0.05) is 22.7 Å². The number of ether oxygens (including phenoxy) is 1. The van der Waals surface area contributed by atoms with Gasteiger partial charge in [-0.2, -0.15) is 0 Å². The number of hydrogen-bond acceptors (Lipinski definition) is 7. The van der Waals surface area contributed by atoms with Crippen LogP contribution in [0.5, 0.6) is 0 Å². The fourth-order valence-electron chi connectivity index (χ4n) is 4.20. The number of halogens is 1. The van der Waals surface area contributed by atoms with Gasteiger partial charge in [0.05, 0.1) is 0 Å². The van der Waals surface area contributed by atoms with Crippen LogP contribution in [0.3, 0.4) is 0 Å². The minimum absolute atomic E-state index is 0.151. The normalized spacial score (nSPS) is 25.7. The molecule has 148 valence electrons. The SMILES string of the molecule is CN(c1nc2sc(Br)nc2s1)[C@@H]1C[C@H]2CCC[C@@H](C1)N2C(=O)OC(C)(C)C. The predicted octanol–water partition coefficient (Wildman–Crippen LogP) is 5.27. The van der Waals surface area contributed by atoms with Gasteiger partial charge in [0.1, 0.15) is 5.60 Å². The molecule has 1 amide bonds. The molecule has 9 heteroatoms. The summed E-state index contributed by atoms with van der Waals surface area (Å²) in [6.07, 6.45) is 5.09. The van der Waals surface area contributed by atoms with E-state index in [4.69, 9.17) is 9.72 Å². The molecule has 2 aliphatic heterocycles. The molecule has 0 radical (unpaired) electrons. The van der Waals surface area contributed by atoms with Crippen molar-refractivity contribution in [3.05, 3.63) is 3.92 Å². The van der Waals surface area contributed by atoms with Crippen molar-refractivity contribution in [1.29, 1.82) is 0 Å². The fourth-order valence-corrected chi connectivity index (χ4v) is 6.75. The third kappa shape index (κ3) is 3.96. The summed E-state index contributed by atoms with van der Waals surface area (Å²) in [6, 6.07) is 0.906. The molecular formula is C18H25BrN4O2S2. The van der Waals surface area contributed by atoms with E-state index >= 15 is 0 Å². The first-order chi connectivity index (χ1) is 12.7. The van der Waals surface area contributed by atoms with Crippen LogP contribution in [0.2, 0.25) is 0 Å². The number of aromatic nitrogens is 2. The molecular weight excluding hydrogens is 448 g/mol. The number of anilines is 1. The summed E-state index contributed by atoms with van der Waals surface area (Å²) in [7, 11) is 2.13. The van der Waals surface area contributed by atoms with E-state index in [0.29, 0.717) is 6.04 Å². The van der Waals surface area contributed by atoms with E-state index in [0.717, 1.165) is 44.4 Å². The molecule has 6 nitrogen and oxygen atoms in total. The maximum Gasteiger partial charge on any atom is 0.410 e. The molecule has 0 N–H and O–H groups in total. The molecule has 4 rings (SSSR count). The highest BCUT2D eigenvalue weighted by Gasteiger charge is 2.43. The number of piperidine rings is 2. The van der Waals surface area contributed by atoms with Crippen LogP contribution in [0.1, 0.15) is 52.9 Å². The minimum Gasteiger partial charge on any atom is -0.444 e. The standard InChI is InChI=1S/C18H25BrN4O2S2/c1-18(2,3)25-17(24)23-10-6-5-7-11(23)9-12(8-10)22(4)16-21-14-13(27-16)20-15(19)26-14/h10-12H,5-9H2,1-4H3/t10-,11+,12-. The van der Waals surface area contributed by atoms with E-state index in [1.807, 2.05) is 25.7 Å². The third-order valence-corrected chi connectivity index (χ3v) is 7.91. The highest BCUT2D eigenvalue weighted by Crippen LogP contribution is 2.40. The Morgan fingerprint density at radius 2 is 1.81 bits per heavy atom. The van der Waals surface area contributed by atoms with Crippen LogP contribution in [0, 0.1) is 0 Å². The van der Waals surface area contributed by atoms with E-state index in [1.165, 1.54) is 6.42 Å². The molecule has 4 heterocycles. The highest BCUT2D eigenvalue weighted by molar-refractivity contribution is 9.11. The Kier molecular flexibility index (Phi) is 5.13. The quantitative estimate of drug-likeness (QED) is 0.595. The van der Waals surface area contributed by atoms with Gasteiger partial charge in [0.25, 0.3) is 0 Å². The van der Waals surface area contributed by atoms with Gasteiger partial charge in [-0.25, -0.2) is 14.8 Å². The van der Waals surface area contributed by atoms with Crippen molar-refractivity contribution >= 4 is 59.5 Å². The van der Waals surface area contributed by atoms with Crippen LogP contribution in [-0.4, -0.2) is 51.7 Å². The van der Waals surface area contributed by atoms with Gasteiger partial charge in [-0.3, -0.25) is 0 Å². The first-order valence-corrected chi connectivity index (χ1v) is 11.8. The molecule has 2 bridgehead atoms. The lowest BCUT2D eigenvalue weighted by Gasteiger charge is -2.50. The van der Waals surface area contributed by atoms with Gasteiger partial charge >= 0.3 is 6.09 Å². The van der Waals surface area contributed by atoms with Crippen LogP contribution >= 0.6 is 38.6 Å². The molecule has 0 unspecified atom stereocenters. The summed E-state index contributed by atoms with van der Waals surface area (Å²) in [5.41, 5.74) is -0.451. The number of amides is 1. The third-order valence-electron chi connectivity index (χ3n) is 5.34. The lowest BCUT2D eigenvalue weighted by atomic mass is 9.81. The van der Waals surface area contributed by atoms with Gasteiger partial charge in [-0.15, -0.1) is 0 Å². The van der Waals surface area contributed by atoms with Crippen LogP contribution in [-0.2, 0) is 4.74 Å². The van der Waals surface area contributed by atoms with E-state index in [1.54, 1.807) is 22.7 Å². The lowest BCUT2D eigenvalue weighted by molar-refractivity contribution is -0.0213. The Bertz CT molecular complexity index is 801. The van der Waals surface area contributed by atoms with Gasteiger partial charge in [0.15, 0.2) is 18.7 Å². The summed E-state index contributed by atoms with van der Waals surface area (Å²) < 4.78 is 6.57. The topological polar surface area (TPSA) is 58.6 Å². The van der Waals surface area contributed by atoms with Crippen LogP contribution in [0.15, 0.2) is 3.92 Å². The minimum atomic E-state index is -0.451. The molecule has 2 saturated heterocycles. The largest absolute Gasteiger partial charge is 0.444 e. The number of rotatable bonds is 2. The average Bonchev–Trinajstić information content (AvgIpc) is 3.08. The summed E-state index contributed by atoms with van der Waals surface area (Å²) in [5.74, 6) is 0. The van der Waals surface area contributed by atoms with Crippen molar-refractivity contribution in [3.8, 4) is 0 Å².